The summed E-state index contributed by atoms with van der Waals surface area (Å²) in [5.74, 6) is -0.546. The quantitative estimate of drug-likeness (QED) is 0.658. The first kappa shape index (κ1) is 14.8. The molecule has 0 aliphatic carbocycles. The van der Waals surface area contributed by atoms with Gasteiger partial charge in [0.15, 0.2) is 0 Å². The molecule has 1 saturated heterocycles. The molecule has 0 aromatic rings. The number of nitrogens with one attached hydrogen (secondary N) is 2. The number of amides is 2. The summed E-state index contributed by atoms with van der Waals surface area (Å²) in [6.45, 7) is 5.52. The topological polar surface area (TPSA) is 87.7 Å². The van der Waals surface area contributed by atoms with Gasteiger partial charge in [-0.15, -0.1) is 0 Å². The summed E-state index contributed by atoms with van der Waals surface area (Å²) >= 11 is 0. The Morgan fingerprint density at radius 2 is 2.17 bits per heavy atom. The van der Waals surface area contributed by atoms with Crippen molar-refractivity contribution in [1.29, 1.82) is 0 Å². The SMILES string of the molecule is CC(CNC(=O)NCC1CCOC1C)CC(=O)O. The molecular weight excluding hydrogens is 236 g/mol. The molecule has 0 bridgehead atoms. The summed E-state index contributed by atoms with van der Waals surface area (Å²) in [5.41, 5.74) is 0. The van der Waals surface area contributed by atoms with Gasteiger partial charge >= 0.3 is 12.0 Å². The average molecular weight is 258 g/mol. The molecule has 6 nitrogen and oxygen atoms in total. The summed E-state index contributed by atoms with van der Waals surface area (Å²) in [5, 5.41) is 14.0. The second-order valence-corrected chi connectivity index (χ2v) is 4.92. The van der Waals surface area contributed by atoms with Crippen LogP contribution in [0.5, 0.6) is 0 Å². The first-order valence-electron chi connectivity index (χ1n) is 6.34. The lowest BCUT2D eigenvalue weighted by atomic mass is 10.0. The largest absolute Gasteiger partial charge is 0.481 e. The van der Waals surface area contributed by atoms with Crippen LogP contribution in [0.1, 0.15) is 26.7 Å². The standard InChI is InChI=1S/C12H22N2O4/c1-8(5-11(15)16)6-13-12(17)14-7-10-3-4-18-9(10)2/h8-10H,3-7H2,1-2H3,(H,15,16)(H2,13,14,17). The van der Waals surface area contributed by atoms with Crippen molar-refractivity contribution < 1.29 is 19.4 Å². The van der Waals surface area contributed by atoms with E-state index in [1.165, 1.54) is 0 Å². The third-order valence-corrected chi connectivity index (χ3v) is 3.19. The number of aliphatic carboxylic acids is 1. The molecule has 1 aliphatic heterocycles. The molecule has 18 heavy (non-hydrogen) atoms. The van der Waals surface area contributed by atoms with E-state index in [1.807, 2.05) is 6.92 Å². The van der Waals surface area contributed by atoms with E-state index in [9.17, 15) is 9.59 Å². The molecule has 0 spiro atoms. The zero-order valence-corrected chi connectivity index (χ0v) is 10.9. The third-order valence-electron chi connectivity index (χ3n) is 3.19. The molecular formula is C12H22N2O4. The summed E-state index contributed by atoms with van der Waals surface area (Å²) in [6.07, 6.45) is 1.22. The van der Waals surface area contributed by atoms with Gasteiger partial charge in [-0.05, 0) is 19.3 Å². The highest BCUT2D eigenvalue weighted by atomic mass is 16.5. The van der Waals surface area contributed by atoms with Crippen molar-refractivity contribution >= 4 is 12.0 Å². The van der Waals surface area contributed by atoms with Crippen LogP contribution in [0, 0.1) is 11.8 Å². The fourth-order valence-electron chi connectivity index (χ4n) is 1.97. The lowest BCUT2D eigenvalue weighted by molar-refractivity contribution is -0.137. The molecule has 6 heteroatoms. The molecule has 0 radical (unpaired) electrons. The van der Waals surface area contributed by atoms with E-state index >= 15 is 0 Å². The van der Waals surface area contributed by atoms with Crippen molar-refractivity contribution in [3.63, 3.8) is 0 Å². The van der Waals surface area contributed by atoms with Crippen molar-refractivity contribution in [1.82, 2.24) is 10.6 Å². The summed E-state index contributed by atoms with van der Waals surface area (Å²) in [6, 6.07) is -0.244. The van der Waals surface area contributed by atoms with Crippen LogP contribution in [0.4, 0.5) is 4.79 Å². The van der Waals surface area contributed by atoms with Crippen LogP contribution in [-0.2, 0) is 9.53 Å². The van der Waals surface area contributed by atoms with Gasteiger partial charge in [0.2, 0.25) is 0 Å². The number of carbonyl (C=O) groups is 2. The number of carbonyl (C=O) groups excluding carboxylic acids is 1. The molecule has 3 unspecified atom stereocenters. The maximum absolute atomic E-state index is 11.5. The maximum atomic E-state index is 11.5. The Morgan fingerprint density at radius 3 is 2.72 bits per heavy atom. The number of ether oxygens (including phenoxy) is 1. The Balaban J connectivity index is 2.12. The van der Waals surface area contributed by atoms with Crippen LogP contribution in [-0.4, -0.2) is 42.9 Å². The van der Waals surface area contributed by atoms with E-state index in [1.54, 1.807) is 6.92 Å². The van der Waals surface area contributed by atoms with Gasteiger partial charge in [-0.1, -0.05) is 6.92 Å². The minimum absolute atomic E-state index is 0.0633. The van der Waals surface area contributed by atoms with E-state index in [2.05, 4.69) is 10.6 Å². The van der Waals surface area contributed by atoms with Gasteiger partial charge in [0.25, 0.3) is 0 Å². The van der Waals surface area contributed by atoms with Crippen LogP contribution < -0.4 is 10.6 Å². The Kier molecular flexibility index (Phi) is 5.91. The Labute approximate surface area is 107 Å². The van der Waals surface area contributed by atoms with E-state index < -0.39 is 5.97 Å². The van der Waals surface area contributed by atoms with E-state index in [-0.39, 0.29) is 24.5 Å². The van der Waals surface area contributed by atoms with E-state index in [0.717, 1.165) is 13.0 Å². The highest BCUT2D eigenvalue weighted by Crippen LogP contribution is 2.19. The van der Waals surface area contributed by atoms with Crippen LogP contribution in [0.25, 0.3) is 0 Å². The second-order valence-electron chi connectivity index (χ2n) is 4.92. The highest BCUT2D eigenvalue weighted by Gasteiger charge is 2.24. The number of carboxylic acids is 1. The minimum atomic E-state index is -0.846. The Hall–Kier alpha value is -1.30. The fraction of sp³-hybridized carbons (Fsp3) is 0.833. The fourth-order valence-corrected chi connectivity index (χ4v) is 1.97. The van der Waals surface area contributed by atoms with Crippen LogP contribution >= 0.6 is 0 Å². The third kappa shape index (κ3) is 5.35. The minimum Gasteiger partial charge on any atom is -0.481 e. The molecule has 1 aliphatic rings. The van der Waals surface area contributed by atoms with Gasteiger partial charge in [-0.3, -0.25) is 4.79 Å². The number of hydrogen-bond acceptors (Lipinski definition) is 3. The molecule has 3 atom stereocenters. The maximum Gasteiger partial charge on any atom is 0.314 e. The first-order chi connectivity index (χ1) is 8.49. The second kappa shape index (κ2) is 7.20. The van der Waals surface area contributed by atoms with Gasteiger partial charge in [0, 0.05) is 32.0 Å². The molecule has 1 heterocycles. The number of rotatable bonds is 6. The van der Waals surface area contributed by atoms with Crippen molar-refractivity contribution in [2.45, 2.75) is 32.8 Å². The zero-order valence-electron chi connectivity index (χ0n) is 10.9. The normalized spacial score (nSPS) is 24.6. The molecule has 2 amide bonds. The zero-order chi connectivity index (χ0) is 13.5. The first-order valence-corrected chi connectivity index (χ1v) is 6.34. The molecule has 0 aromatic carbocycles. The Morgan fingerprint density at radius 1 is 1.44 bits per heavy atom. The molecule has 1 fully saturated rings. The van der Waals surface area contributed by atoms with Gasteiger partial charge in [-0.2, -0.15) is 0 Å². The van der Waals surface area contributed by atoms with Crippen LogP contribution in [0.15, 0.2) is 0 Å². The number of carboxylic acid groups (broad SMARTS) is 1. The smallest absolute Gasteiger partial charge is 0.314 e. The van der Waals surface area contributed by atoms with Crippen molar-refractivity contribution in [2.75, 3.05) is 19.7 Å². The van der Waals surface area contributed by atoms with Crippen molar-refractivity contribution in [3.05, 3.63) is 0 Å². The summed E-state index contributed by atoms with van der Waals surface area (Å²) in [7, 11) is 0. The summed E-state index contributed by atoms with van der Waals surface area (Å²) in [4.78, 5) is 21.9. The highest BCUT2D eigenvalue weighted by molar-refractivity contribution is 5.74. The van der Waals surface area contributed by atoms with Gasteiger partial charge in [-0.25, -0.2) is 4.79 Å². The molecule has 1 rings (SSSR count). The Bertz CT molecular complexity index is 296. The average Bonchev–Trinajstić information content (AvgIpc) is 2.68. The van der Waals surface area contributed by atoms with Crippen LogP contribution in [0.2, 0.25) is 0 Å². The predicted molar refractivity (Wildman–Crippen MR) is 66.3 cm³/mol. The predicted octanol–water partition coefficient (Wildman–Crippen LogP) is 0.821. The molecule has 0 saturated carbocycles. The van der Waals surface area contributed by atoms with Gasteiger partial charge in [0.1, 0.15) is 0 Å². The van der Waals surface area contributed by atoms with E-state index in [4.69, 9.17) is 9.84 Å². The van der Waals surface area contributed by atoms with Crippen molar-refractivity contribution in [3.8, 4) is 0 Å². The number of urea groups is 1. The van der Waals surface area contributed by atoms with Crippen molar-refractivity contribution in [2.24, 2.45) is 11.8 Å². The van der Waals surface area contributed by atoms with E-state index in [0.29, 0.717) is 19.0 Å². The lowest BCUT2D eigenvalue weighted by Crippen LogP contribution is -2.41. The lowest BCUT2D eigenvalue weighted by Gasteiger charge is -2.16. The van der Waals surface area contributed by atoms with Gasteiger partial charge < -0.3 is 20.5 Å². The summed E-state index contributed by atoms with van der Waals surface area (Å²) < 4.78 is 5.40. The molecule has 3 N–H and O–H groups in total. The van der Waals surface area contributed by atoms with Crippen LogP contribution in [0.3, 0.4) is 0 Å². The monoisotopic (exact) mass is 258 g/mol. The molecule has 104 valence electrons. The van der Waals surface area contributed by atoms with Gasteiger partial charge in [0.05, 0.1) is 6.10 Å². The number of hydrogen-bond donors (Lipinski definition) is 3. The molecule has 0 aromatic heterocycles.